The smallest absolute Gasteiger partial charge is 0.228 e. The van der Waals surface area contributed by atoms with E-state index in [-0.39, 0.29) is 5.41 Å². The van der Waals surface area contributed by atoms with E-state index < -0.39 is 8.07 Å². The lowest BCUT2D eigenvalue weighted by Crippen LogP contribution is -2.37. The maximum absolute atomic E-state index is 7.25. The average molecular weight is 547 g/mol. The molecule has 0 aliphatic carbocycles. The van der Waals surface area contributed by atoms with Crippen molar-refractivity contribution in [1.29, 1.82) is 0 Å². The normalized spacial score (nSPS) is 13.4. The highest BCUT2D eigenvalue weighted by molar-refractivity contribution is 7.28. The van der Waals surface area contributed by atoms with Gasteiger partial charge in [0.05, 0.1) is 23.7 Å². The van der Waals surface area contributed by atoms with Crippen LogP contribution in [0, 0.1) is 12.3 Å². The maximum atomic E-state index is 7.25. The maximum Gasteiger partial charge on any atom is 0.228 e. The molecule has 4 aromatic carbocycles. The second-order valence-corrected chi connectivity index (χ2v) is 19.6. The monoisotopic (exact) mass is 546 g/mol. The van der Waals surface area contributed by atoms with Crippen LogP contribution in [0.4, 0.5) is 0 Å². The zero-order valence-corrected chi connectivity index (χ0v) is 26.1. The molecule has 39 heavy (non-hydrogen) atoms. The highest BCUT2D eigenvalue weighted by Crippen LogP contribution is 2.55. The summed E-state index contributed by atoms with van der Waals surface area (Å²) < 4.78 is 12.3. The molecule has 1 aliphatic rings. The Hall–Kier alpha value is -3.21. The third kappa shape index (κ3) is 3.61. The van der Waals surface area contributed by atoms with Crippen LogP contribution in [-0.4, -0.2) is 8.07 Å². The molecule has 0 bridgehead atoms. The highest BCUT2D eigenvalue weighted by atomic mass is 32.1. The first kappa shape index (κ1) is 24.8. The number of hydrogen-bond donors (Lipinski definition) is 0. The first-order chi connectivity index (χ1) is 18.4. The average Bonchev–Trinajstić information content (AvgIpc) is 3.25. The number of pyridine rings is 1. The summed E-state index contributed by atoms with van der Waals surface area (Å²) >= 11 is 1.93. The van der Waals surface area contributed by atoms with Gasteiger partial charge in [0, 0.05) is 27.1 Å². The van der Waals surface area contributed by atoms with E-state index in [0.29, 0.717) is 0 Å². The summed E-state index contributed by atoms with van der Waals surface area (Å²) in [5, 5.41) is 9.33. The van der Waals surface area contributed by atoms with Crippen molar-refractivity contribution in [3.63, 3.8) is 0 Å². The van der Waals surface area contributed by atoms with Gasteiger partial charge in [-0.05, 0) is 51.7 Å². The van der Waals surface area contributed by atoms with Gasteiger partial charge in [0.15, 0.2) is 11.9 Å². The molecule has 0 saturated heterocycles. The number of hydrogen-bond acceptors (Lipinski definition) is 2. The molecular weight excluding hydrogens is 511 g/mol. The Morgan fingerprint density at radius 3 is 2.28 bits per heavy atom. The van der Waals surface area contributed by atoms with Crippen LogP contribution in [0.2, 0.25) is 19.6 Å². The summed E-state index contributed by atoms with van der Waals surface area (Å²) in [5.74, 6) is 2.08. The van der Waals surface area contributed by atoms with Gasteiger partial charge in [-0.2, -0.15) is 0 Å². The van der Waals surface area contributed by atoms with Crippen LogP contribution in [0.3, 0.4) is 0 Å². The number of fused-ring (bicyclic) bond motifs is 7. The van der Waals surface area contributed by atoms with E-state index in [0.717, 1.165) is 17.9 Å². The Morgan fingerprint density at radius 2 is 1.56 bits per heavy atom. The van der Waals surface area contributed by atoms with Crippen molar-refractivity contribution in [1.82, 2.24) is 0 Å². The van der Waals surface area contributed by atoms with Crippen molar-refractivity contribution < 1.29 is 9.30 Å². The Balaban J connectivity index is 1.67. The fraction of sp³-hybridized carbons (Fsp3) is 0.286. The van der Waals surface area contributed by atoms with E-state index in [4.69, 9.17) is 4.74 Å². The Bertz CT molecular complexity index is 2000. The van der Waals surface area contributed by atoms with Crippen LogP contribution in [-0.2, 0) is 13.5 Å². The summed E-state index contributed by atoms with van der Waals surface area (Å²) in [7, 11) is 0.665. The van der Waals surface area contributed by atoms with Crippen LogP contribution in [0.5, 0.6) is 11.5 Å². The number of aromatic nitrogens is 1. The van der Waals surface area contributed by atoms with E-state index in [1.165, 1.54) is 69.3 Å². The van der Waals surface area contributed by atoms with Gasteiger partial charge in [-0.1, -0.05) is 82.9 Å². The number of ether oxygens (including phenoxy) is 1. The third-order valence-electron chi connectivity index (χ3n) is 8.33. The van der Waals surface area contributed by atoms with Crippen LogP contribution in [0.1, 0.15) is 31.9 Å². The molecule has 0 N–H and O–H groups in total. The summed E-state index contributed by atoms with van der Waals surface area (Å²) in [6.07, 6.45) is 3.18. The zero-order valence-electron chi connectivity index (χ0n) is 24.2. The SMILES string of the molecule is Cc1c2c(c(CC(C)(C)C)c3ccccc13)Oc1c3sc4c([Si](C)(C)C)cccc4c3cc3cc[n+](C)c-2c13. The Morgan fingerprint density at radius 1 is 0.846 bits per heavy atom. The molecular formula is C35H36NOSSi+. The van der Waals surface area contributed by atoms with Crippen molar-refractivity contribution in [2.24, 2.45) is 12.5 Å². The molecule has 3 heterocycles. The number of nitrogens with zero attached hydrogens (tertiary/aromatic N) is 1. The minimum absolute atomic E-state index is 0.124. The fourth-order valence-corrected chi connectivity index (χ4v) is 10.3. The Kier molecular flexibility index (Phi) is 5.19. The number of thiophene rings is 1. The van der Waals surface area contributed by atoms with Crippen molar-refractivity contribution in [3.8, 4) is 22.8 Å². The second-order valence-electron chi connectivity index (χ2n) is 13.5. The number of benzene rings is 4. The summed E-state index contributed by atoms with van der Waals surface area (Å²) in [6.45, 7) is 16.6. The minimum atomic E-state index is -1.52. The molecule has 0 radical (unpaired) electrons. The van der Waals surface area contributed by atoms with E-state index in [2.05, 4.69) is 120 Å². The van der Waals surface area contributed by atoms with E-state index in [1.807, 2.05) is 11.3 Å². The number of aryl methyl sites for hydroxylation is 2. The van der Waals surface area contributed by atoms with E-state index in [1.54, 1.807) is 0 Å². The van der Waals surface area contributed by atoms with Gasteiger partial charge in [0.2, 0.25) is 5.69 Å². The van der Waals surface area contributed by atoms with Crippen LogP contribution < -0.4 is 14.5 Å². The first-order valence-electron chi connectivity index (χ1n) is 14.0. The predicted octanol–water partition coefficient (Wildman–Crippen LogP) is 9.40. The minimum Gasteiger partial charge on any atom is -0.454 e. The highest BCUT2D eigenvalue weighted by Gasteiger charge is 2.35. The molecule has 0 unspecified atom stereocenters. The van der Waals surface area contributed by atoms with Crippen LogP contribution in [0.15, 0.2) is 60.8 Å². The standard InChI is InChI=1S/C35H36NOSSi/c1-20-22-12-9-10-13-23(22)26(19-35(2,3)4)31-28(20)30-29-21(16-17-36(30)5)18-25-24-14-11-15-27(39(6,7)8)33(24)38-34(25)32(29)37-31/h9-18H,19H2,1-8H3/q+1. The van der Waals surface area contributed by atoms with E-state index >= 15 is 0 Å². The molecule has 0 spiro atoms. The molecule has 6 aromatic rings. The first-order valence-corrected chi connectivity index (χ1v) is 18.3. The lowest BCUT2D eigenvalue weighted by atomic mass is 9.81. The lowest BCUT2D eigenvalue weighted by Gasteiger charge is -2.28. The van der Waals surface area contributed by atoms with Gasteiger partial charge in [0.25, 0.3) is 0 Å². The second kappa shape index (κ2) is 8.15. The fourth-order valence-electron chi connectivity index (χ4n) is 6.59. The molecule has 0 amide bonds. The topological polar surface area (TPSA) is 13.1 Å². The van der Waals surface area contributed by atoms with Gasteiger partial charge in [-0.15, -0.1) is 11.3 Å². The van der Waals surface area contributed by atoms with Crippen molar-refractivity contribution >= 4 is 66.3 Å². The summed E-state index contributed by atoms with van der Waals surface area (Å²) in [4.78, 5) is 0. The summed E-state index contributed by atoms with van der Waals surface area (Å²) in [6, 6.07) is 20.5. The van der Waals surface area contributed by atoms with Crippen molar-refractivity contribution in [3.05, 3.63) is 71.9 Å². The molecule has 7 rings (SSSR count). The molecule has 0 fully saturated rings. The van der Waals surface area contributed by atoms with Gasteiger partial charge in [-0.3, -0.25) is 0 Å². The quantitative estimate of drug-likeness (QED) is 0.155. The molecule has 2 aromatic heterocycles. The van der Waals surface area contributed by atoms with Crippen molar-refractivity contribution in [2.75, 3.05) is 0 Å². The van der Waals surface area contributed by atoms with Crippen molar-refractivity contribution in [2.45, 2.75) is 53.8 Å². The molecule has 1 aliphatic heterocycles. The molecule has 196 valence electrons. The Labute approximate surface area is 235 Å². The van der Waals surface area contributed by atoms with Crippen LogP contribution >= 0.6 is 11.3 Å². The van der Waals surface area contributed by atoms with E-state index in [9.17, 15) is 0 Å². The van der Waals surface area contributed by atoms with Gasteiger partial charge < -0.3 is 4.74 Å². The largest absolute Gasteiger partial charge is 0.454 e. The van der Waals surface area contributed by atoms with Gasteiger partial charge in [-0.25, -0.2) is 4.57 Å². The van der Waals surface area contributed by atoms with Gasteiger partial charge in [0.1, 0.15) is 12.8 Å². The molecule has 2 nitrogen and oxygen atoms in total. The third-order valence-corrected chi connectivity index (χ3v) is 11.8. The summed E-state index contributed by atoms with van der Waals surface area (Å²) in [5.41, 5.74) is 5.26. The lowest BCUT2D eigenvalue weighted by molar-refractivity contribution is -0.659. The van der Waals surface area contributed by atoms with Crippen LogP contribution in [0.25, 0.3) is 53.0 Å². The zero-order chi connectivity index (χ0) is 27.4. The number of rotatable bonds is 2. The predicted molar refractivity (Wildman–Crippen MR) is 172 cm³/mol. The molecule has 4 heteroatoms. The molecule has 0 atom stereocenters. The molecule has 0 saturated carbocycles. The van der Waals surface area contributed by atoms with Gasteiger partial charge >= 0.3 is 0 Å².